The Labute approximate surface area is 232 Å². The minimum Gasteiger partial charge on any atom is -0.505 e. The first-order valence-electron chi connectivity index (χ1n) is 12.8. The number of aromatic nitrogens is 5. The van der Waals surface area contributed by atoms with Gasteiger partial charge in [0.05, 0.1) is 43.6 Å². The molecule has 1 aliphatic rings. The second-order valence-electron chi connectivity index (χ2n) is 9.70. The second-order valence-corrected chi connectivity index (χ2v) is 11.5. The molecule has 0 spiro atoms. The Balaban J connectivity index is 1.56. The SMILES string of the molecule is [C-]#[N+]c1cnc(CN2CCc3c(cc(Cn4ccnc4C)cc3-c3cn(S(C)(=O)=O)nc3C)C2=O)cc1OCC. The largest absolute Gasteiger partial charge is 0.505 e. The molecular weight excluding hydrogens is 530 g/mol. The van der Waals surface area contributed by atoms with Crippen molar-refractivity contribution in [3.63, 3.8) is 0 Å². The molecule has 4 heterocycles. The van der Waals surface area contributed by atoms with Gasteiger partial charge in [-0.3, -0.25) is 9.78 Å². The summed E-state index contributed by atoms with van der Waals surface area (Å²) in [4.78, 5) is 27.8. The predicted molar refractivity (Wildman–Crippen MR) is 149 cm³/mol. The highest BCUT2D eigenvalue weighted by molar-refractivity contribution is 7.89. The Kier molecular flexibility index (Phi) is 7.16. The fourth-order valence-corrected chi connectivity index (χ4v) is 5.50. The zero-order chi connectivity index (χ0) is 28.6. The maximum absolute atomic E-state index is 13.9. The molecule has 0 saturated carbocycles. The molecule has 4 aromatic rings. The zero-order valence-electron chi connectivity index (χ0n) is 22.7. The van der Waals surface area contributed by atoms with Gasteiger partial charge in [-0.25, -0.2) is 18.2 Å². The van der Waals surface area contributed by atoms with E-state index in [2.05, 4.69) is 19.9 Å². The van der Waals surface area contributed by atoms with Crippen LogP contribution < -0.4 is 4.74 Å². The summed E-state index contributed by atoms with van der Waals surface area (Å²) < 4.78 is 33.0. The number of benzene rings is 1. The average molecular weight is 560 g/mol. The van der Waals surface area contributed by atoms with E-state index >= 15 is 0 Å². The first kappa shape index (κ1) is 27.1. The van der Waals surface area contributed by atoms with Crippen molar-refractivity contribution in [1.29, 1.82) is 0 Å². The molecule has 0 unspecified atom stereocenters. The van der Waals surface area contributed by atoms with Crippen molar-refractivity contribution in [2.24, 2.45) is 0 Å². The lowest BCUT2D eigenvalue weighted by Crippen LogP contribution is -2.37. The summed E-state index contributed by atoms with van der Waals surface area (Å²) in [6.07, 6.45) is 8.27. The van der Waals surface area contributed by atoms with Gasteiger partial charge in [-0.15, -0.1) is 0 Å². The van der Waals surface area contributed by atoms with Crippen LogP contribution in [0.2, 0.25) is 0 Å². The van der Waals surface area contributed by atoms with Gasteiger partial charge in [0.15, 0.2) is 0 Å². The van der Waals surface area contributed by atoms with E-state index < -0.39 is 10.0 Å². The Morgan fingerprint density at radius 3 is 2.52 bits per heavy atom. The number of ether oxygens (including phenoxy) is 1. The van der Waals surface area contributed by atoms with Crippen molar-refractivity contribution >= 4 is 21.6 Å². The summed E-state index contributed by atoms with van der Waals surface area (Å²) in [5.74, 6) is 1.15. The van der Waals surface area contributed by atoms with Crippen molar-refractivity contribution < 1.29 is 17.9 Å². The van der Waals surface area contributed by atoms with Crippen LogP contribution in [0.5, 0.6) is 5.75 Å². The number of nitrogens with zero attached hydrogens (tertiary/aromatic N) is 7. The van der Waals surface area contributed by atoms with E-state index in [1.54, 1.807) is 24.1 Å². The van der Waals surface area contributed by atoms with Gasteiger partial charge in [-0.05, 0) is 62.1 Å². The monoisotopic (exact) mass is 559 g/mol. The summed E-state index contributed by atoms with van der Waals surface area (Å²) in [7, 11) is -3.58. The molecule has 0 atom stereocenters. The van der Waals surface area contributed by atoms with Crippen LogP contribution in [-0.4, -0.2) is 62.4 Å². The van der Waals surface area contributed by atoms with E-state index in [4.69, 9.17) is 11.3 Å². The normalized spacial score (nSPS) is 13.3. The molecule has 5 rings (SSSR count). The number of rotatable bonds is 8. The first-order valence-corrected chi connectivity index (χ1v) is 14.6. The van der Waals surface area contributed by atoms with Crippen molar-refractivity contribution in [3.8, 4) is 16.9 Å². The molecule has 1 aromatic carbocycles. The summed E-state index contributed by atoms with van der Waals surface area (Å²) in [6.45, 7) is 14.5. The van der Waals surface area contributed by atoms with Crippen LogP contribution in [0.25, 0.3) is 16.0 Å². The maximum Gasteiger partial charge on any atom is 0.254 e. The number of hydrogen-bond donors (Lipinski definition) is 0. The average Bonchev–Trinajstić information content (AvgIpc) is 3.51. The van der Waals surface area contributed by atoms with Crippen molar-refractivity contribution in [2.75, 3.05) is 19.4 Å². The van der Waals surface area contributed by atoms with Gasteiger partial charge in [0.25, 0.3) is 15.9 Å². The molecule has 1 amide bonds. The van der Waals surface area contributed by atoms with Crippen molar-refractivity contribution in [2.45, 2.75) is 40.3 Å². The summed E-state index contributed by atoms with van der Waals surface area (Å²) in [5, 5.41) is 4.23. The highest BCUT2D eigenvalue weighted by atomic mass is 32.2. The van der Waals surface area contributed by atoms with Crippen LogP contribution in [0.3, 0.4) is 0 Å². The van der Waals surface area contributed by atoms with Gasteiger partial charge in [-0.1, -0.05) is 0 Å². The van der Waals surface area contributed by atoms with E-state index in [1.807, 2.05) is 36.7 Å². The standard InChI is InChI=1S/C28H29N7O4S/c1-6-39-27-13-21(31-14-26(27)29-4)16-34-9-7-22-23(25-17-35(32-18(25)2)40(5,37)38)11-20(12-24(22)28(34)36)15-33-10-8-30-19(33)3/h8,10-14,17H,6-7,9,15-16H2,1-3,5H3. The molecule has 40 heavy (non-hydrogen) atoms. The minimum absolute atomic E-state index is 0.145. The Bertz CT molecular complexity index is 1770. The van der Waals surface area contributed by atoms with Gasteiger partial charge in [0.1, 0.15) is 11.6 Å². The van der Waals surface area contributed by atoms with Crippen molar-refractivity contribution in [3.05, 3.63) is 88.3 Å². The van der Waals surface area contributed by atoms with Gasteiger partial charge in [0.2, 0.25) is 5.69 Å². The third-order valence-corrected chi connectivity index (χ3v) is 7.79. The Hall–Kier alpha value is -4.50. The van der Waals surface area contributed by atoms with E-state index in [0.717, 1.165) is 32.9 Å². The highest BCUT2D eigenvalue weighted by Crippen LogP contribution is 2.35. The summed E-state index contributed by atoms with van der Waals surface area (Å²) in [5.41, 5.74) is 5.29. The number of hydrogen-bond acceptors (Lipinski definition) is 7. The third kappa shape index (κ3) is 5.20. The van der Waals surface area contributed by atoms with Crippen LogP contribution in [0.1, 0.15) is 45.6 Å². The molecular formula is C28H29N7O4S. The highest BCUT2D eigenvalue weighted by Gasteiger charge is 2.29. The molecule has 0 saturated heterocycles. The van der Waals surface area contributed by atoms with Crippen LogP contribution in [0.15, 0.2) is 43.0 Å². The van der Waals surface area contributed by atoms with Gasteiger partial charge in [0, 0.05) is 42.8 Å². The third-order valence-electron chi connectivity index (χ3n) is 6.92. The van der Waals surface area contributed by atoms with Crippen molar-refractivity contribution in [1.82, 2.24) is 28.6 Å². The van der Waals surface area contributed by atoms with E-state index in [1.165, 1.54) is 12.4 Å². The predicted octanol–water partition coefficient (Wildman–Crippen LogP) is 3.76. The fourth-order valence-electron chi connectivity index (χ4n) is 4.94. The number of pyridine rings is 1. The molecule has 1 aliphatic heterocycles. The number of carbonyl (C=O) groups is 1. The maximum atomic E-state index is 13.9. The van der Waals surface area contributed by atoms with Gasteiger partial charge >= 0.3 is 0 Å². The number of carbonyl (C=O) groups excluding carboxylic acids is 1. The minimum atomic E-state index is -3.58. The van der Waals surface area contributed by atoms with E-state index in [9.17, 15) is 13.2 Å². The summed E-state index contributed by atoms with van der Waals surface area (Å²) in [6, 6.07) is 5.63. The number of amides is 1. The molecule has 0 N–H and O–H groups in total. The molecule has 0 bridgehead atoms. The zero-order valence-corrected chi connectivity index (χ0v) is 23.6. The smallest absolute Gasteiger partial charge is 0.254 e. The molecule has 0 radical (unpaired) electrons. The topological polar surface area (TPSA) is 117 Å². The number of fused-ring (bicyclic) bond motifs is 1. The molecule has 0 fully saturated rings. The van der Waals surface area contributed by atoms with Crippen LogP contribution in [0.4, 0.5) is 5.69 Å². The quantitative estimate of drug-likeness (QED) is 0.302. The lowest BCUT2D eigenvalue weighted by molar-refractivity contribution is 0.0724. The lowest BCUT2D eigenvalue weighted by Gasteiger charge is -2.30. The molecule has 3 aromatic heterocycles. The first-order chi connectivity index (χ1) is 19.1. The fraction of sp³-hybridized carbons (Fsp3) is 0.321. The summed E-state index contributed by atoms with van der Waals surface area (Å²) >= 11 is 0. The Morgan fingerprint density at radius 2 is 1.88 bits per heavy atom. The van der Waals surface area contributed by atoms with E-state index in [-0.39, 0.29) is 12.5 Å². The molecule has 0 aliphatic carbocycles. The van der Waals surface area contributed by atoms with Crippen LogP contribution in [-0.2, 0) is 29.5 Å². The van der Waals surface area contributed by atoms with Crippen LogP contribution in [0, 0.1) is 20.4 Å². The van der Waals surface area contributed by atoms with Crippen LogP contribution >= 0.6 is 0 Å². The molecule has 11 nitrogen and oxygen atoms in total. The number of aryl methyl sites for hydroxylation is 2. The Morgan fingerprint density at radius 1 is 1.10 bits per heavy atom. The number of imidazole rings is 1. The van der Waals surface area contributed by atoms with Gasteiger partial charge < -0.3 is 14.2 Å². The molecule has 12 heteroatoms. The molecule has 206 valence electrons. The van der Waals surface area contributed by atoms with E-state index in [0.29, 0.717) is 60.1 Å². The van der Waals surface area contributed by atoms with Gasteiger partial charge in [-0.2, -0.15) is 9.19 Å². The second kappa shape index (κ2) is 10.6. The lowest BCUT2D eigenvalue weighted by atomic mass is 9.88.